The average Bonchev–Trinajstić information content (AvgIpc) is 2.94. The van der Waals surface area contributed by atoms with Crippen molar-refractivity contribution in [2.24, 2.45) is 0 Å². The first-order valence-corrected chi connectivity index (χ1v) is 10.6. The second-order valence-corrected chi connectivity index (χ2v) is 7.81. The van der Waals surface area contributed by atoms with Gasteiger partial charge in [0.25, 0.3) is 0 Å². The van der Waals surface area contributed by atoms with Gasteiger partial charge in [-0.2, -0.15) is 0 Å². The number of rotatable bonds is 8. The Morgan fingerprint density at radius 3 is 2.17 bits per heavy atom. The van der Waals surface area contributed by atoms with Crippen LogP contribution >= 0.6 is 11.8 Å². The summed E-state index contributed by atoms with van der Waals surface area (Å²) in [4.78, 5) is 48.5. The van der Waals surface area contributed by atoms with E-state index in [4.69, 9.17) is 4.74 Å². The summed E-state index contributed by atoms with van der Waals surface area (Å²) in [6, 6.07) is 0. The molecule has 0 aliphatic carbocycles. The van der Waals surface area contributed by atoms with Crippen LogP contribution in [0.1, 0.15) is 69.3 Å². The van der Waals surface area contributed by atoms with Crippen LogP contribution in [0, 0.1) is 27.7 Å². The van der Waals surface area contributed by atoms with E-state index in [1.807, 2.05) is 20.1 Å². The quantitative estimate of drug-likeness (QED) is 0.302. The molecule has 2 aromatic heterocycles. The van der Waals surface area contributed by atoms with E-state index in [1.165, 1.54) is 25.6 Å². The predicted octanol–water partition coefficient (Wildman–Crippen LogP) is 3.71. The van der Waals surface area contributed by atoms with E-state index in [1.54, 1.807) is 13.8 Å². The summed E-state index contributed by atoms with van der Waals surface area (Å²) in [7, 11) is 0. The summed E-state index contributed by atoms with van der Waals surface area (Å²) in [6.45, 7) is 10.2. The minimum Gasteiger partial charge on any atom is -0.454 e. The van der Waals surface area contributed by atoms with Crippen molar-refractivity contribution >= 4 is 29.3 Å². The molecule has 0 aliphatic heterocycles. The summed E-state index contributed by atoms with van der Waals surface area (Å²) < 4.78 is 5.34. The number of carbonyl (C=O) groups excluding carboxylic acids is 3. The number of esters is 1. The van der Waals surface area contributed by atoms with E-state index < -0.39 is 12.1 Å². The van der Waals surface area contributed by atoms with Gasteiger partial charge in [0.2, 0.25) is 5.78 Å². The topological polar surface area (TPSA) is 102 Å². The van der Waals surface area contributed by atoms with Crippen LogP contribution < -0.4 is 0 Å². The van der Waals surface area contributed by atoms with Gasteiger partial charge in [0, 0.05) is 29.1 Å². The van der Waals surface area contributed by atoms with Gasteiger partial charge >= 0.3 is 5.97 Å². The third-order valence-corrected chi connectivity index (χ3v) is 5.42. The maximum atomic E-state index is 12.7. The fourth-order valence-electron chi connectivity index (χ4n) is 3.43. The van der Waals surface area contributed by atoms with E-state index in [9.17, 15) is 14.4 Å². The number of aromatic nitrogens is 3. The number of aromatic amines is 1. The molecule has 1 N–H and O–H groups in total. The number of hydrogen-bond acceptors (Lipinski definition) is 7. The Balaban J connectivity index is 2.04. The monoisotopic (exact) mass is 417 g/mol. The van der Waals surface area contributed by atoms with Gasteiger partial charge in [-0.25, -0.2) is 9.97 Å². The van der Waals surface area contributed by atoms with Gasteiger partial charge in [-0.15, -0.1) is 0 Å². The smallest absolute Gasteiger partial charge is 0.306 e. The number of thioether (sulfide) groups is 1. The van der Waals surface area contributed by atoms with Crippen LogP contribution in [0.2, 0.25) is 0 Å². The second-order valence-electron chi connectivity index (χ2n) is 7.04. The van der Waals surface area contributed by atoms with Gasteiger partial charge in [-0.3, -0.25) is 14.4 Å². The number of H-pyrrole nitrogens is 1. The number of ketones is 2. The van der Waals surface area contributed by atoms with Crippen LogP contribution in [0.25, 0.3) is 0 Å². The Morgan fingerprint density at radius 2 is 1.69 bits per heavy atom. The maximum Gasteiger partial charge on any atom is 0.306 e. The van der Waals surface area contributed by atoms with Crippen LogP contribution in [0.3, 0.4) is 0 Å². The molecule has 8 heteroatoms. The van der Waals surface area contributed by atoms with Gasteiger partial charge in [0.15, 0.2) is 17.0 Å². The first-order valence-electron chi connectivity index (χ1n) is 9.38. The lowest BCUT2D eigenvalue weighted by molar-refractivity contribution is -0.146. The largest absolute Gasteiger partial charge is 0.454 e. The lowest BCUT2D eigenvalue weighted by Gasteiger charge is -2.13. The van der Waals surface area contributed by atoms with Gasteiger partial charge < -0.3 is 9.72 Å². The number of carbonyl (C=O) groups is 3. The van der Waals surface area contributed by atoms with Gasteiger partial charge in [-0.1, -0.05) is 11.8 Å². The Hall–Kier alpha value is -2.48. The summed E-state index contributed by atoms with van der Waals surface area (Å²) in [5.74, 6) is -0.932. The lowest BCUT2D eigenvalue weighted by Crippen LogP contribution is -2.25. The third kappa shape index (κ3) is 5.12. The molecule has 0 amide bonds. The summed E-state index contributed by atoms with van der Waals surface area (Å²) in [5.41, 5.74) is 4.63. The van der Waals surface area contributed by atoms with Crippen LogP contribution in [-0.2, 0) is 16.0 Å². The molecule has 2 aromatic rings. The zero-order chi connectivity index (χ0) is 21.9. The standard InChI is InChI=1S/C21H27N3O4S/c1-10-18(14(5)25)13(4)22-19(10)20(27)15(6)28-17(26)9-8-16-11(2)23-21(29-7)24-12(16)3/h15,22H,8-9H2,1-7H3/t15-/m1/s1. The molecule has 2 rings (SSSR count). The molecule has 7 nitrogen and oxygen atoms in total. The Bertz CT molecular complexity index is 942. The highest BCUT2D eigenvalue weighted by Gasteiger charge is 2.26. The summed E-state index contributed by atoms with van der Waals surface area (Å²) in [6.07, 6.45) is 1.54. The van der Waals surface area contributed by atoms with E-state index in [2.05, 4.69) is 15.0 Å². The summed E-state index contributed by atoms with van der Waals surface area (Å²) in [5, 5.41) is 0.701. The van der Waals surface area contributed by atoms with Gasteiger partial charge in [0.1, 0.15) is 0 Å². The third-order valence-electron chi connectivity index (χ3n) is 4.88. The molecule has 0 aromatic carbocycles. The Morgan fingerprint density at radius 1 is 1.10 bits per heavy atom. The molecule has 0 unspecified atom stereocenters. The number of nitrogens with zero attached hydrogens (tertiary/aromatic N) is 2. The highest BCUT2D eigenvalue weighted by atomic mass is 32.2. The molecule has 29 heavy (non-hydrogen) atoms. The van der Waals surface area contributed by atoms with Crippen molar-refractivity contribution in [3.8, 4) is 0 Å². The van der Waals surface area contributed by atoms with E-state index in [0.717, 1.165) is 17.0 Å². The van der Waals surface area contributed by atoms with Crippen LogP contribution in [-0.4, -0.2) is 44.8 Å². The summed E-state index contributed by atoms with van der Waals surface area (Å²) >= 11 is 1.47. The first kappa shape index (κ1) is 22.8. The van der Waals surface area contributed by atoms with Crippen molar-refractivity contribution in [3.63, 3.8) is 0 Å². The predicted molar refractivity (Wildman–Crippen MR) is 112 cm³/mol. The van der Waals surface area contributed by atoms with Crippen molar-refractivity contribution in [1.82, 2.24) is 15.0 Å². The molecule has 0 saturated carbocycles. The van der Waals surface area contributed by atoms with Crippen LogP contribution in [0.15, 0.2) is 5.16 Å². The van der Waals surface area contributed by atoms with Gasteiger partial charge in [0.05, 0.1) is 5.69 Å². The highest BCUT2D eigenvalue weighted by molar-refractivity contribution is 7.98. The Kier molecular flexibility index (Phi) is 7.35. The normalized spacial score (nSPS) is 12.0. The van der Waals surface area contributed by atoms with Crippen molar-refractivity contribution in [1.29, 1.82) is 0 Å². The van der Waals surface area contributed by atoms with Crippen molar-refractivity contribution in [2.75, 3.05) is 6.26 Å². The van der Waals surface area contributed by atoms with Crippen LogP contribution in [0.4, 0.5) is 0 Å². The molecule has 1 atom stereocenters. The highest BCUT2D eigenvalue weighted by Crippen LogP contribution is 2.21. The van der Waals surface area contributed by atoms with E-state index in [-0.39, 0.29) is 18.0 Å². The van der Waals surface area contributed by atoms with E-state index in [0.29, 0.717) is 34.1 Å². The average molecular weight is 418 g/mol. The lowest BCUT2D eigenvalue weighted by atomic mass is 10.0. The zero-order valence-corrected chi connectivity index (χ0v) is 18.7. The number of Topliss-reactive ketones (excluding diaryl/α,β-unsaturated/α-hetero) is 2. The number of nitrogens with one attached hydrogen (secondary N) is 1. The molecule has 156 valence electrons. The first-order chi connectivity index (χ1) is 13.6. The van der Waals surface area contributed by atoms with Crippen molar-refractivity contribution in [3.05, 3.63) is 39.5 Å². The molecule has 0 fully saturated rings. The zero-order valence-electron chi connectivity index (χ0n) is 17.9. The maximum absolute atomic E-state index is 12.7. The van der Waals surface area contributed by atoms with Crippen LogP contribution in [0.5, 0.6) is 0 Å². The van der Waals surface area contributed by atoms with Crippen molar-refractivity contribution in [2.45, 2.75) is 65.6 Å². The minimum absolute atomic E-state index is 0.111. The molecule has 0 radical (unpaired) electrons. The SMILES string of the molecule is CSc1nc(C)c(CCC(=O)O[C@H](C)C(=O)c2[nH]c(C)c(C(C)=O)c2C)c(C)n1. The second kappa shape index (κ2) is 9.35. The number of aryl methyl sites for hydroxylation is 3. The molecule has 2 heterocycles. The molecule has 0 bridgehead atoms. The van der Waals surface area contributed by atoms with E-state index >= 15 is 0 Å². The fraction of sp³-hybridized carbons (Fsp3) is 0.476. The molecular formula is C21H27N3O4S. The van der Waals surface area contributed by atoms with Gasteiger partial charge in [-0.05, 0) is 65.3 Å². The Labute approximate surface area is 175 Å². The molecule has 0 saturated heterocycles. The molecule has 0 aliphatic rings. The molecular weight excluding hydrogens is 390 g/mol. The fourth-order valence-corrected chi connectivity index (χ4v) is 3.88. The number of ether oxygens (including phenoxy) is 1. The van der Waals surface area contributed by atoms with Crippen molar-refractivity contribution < 1.29 is 19.1 Å². The minimum atomic E-state index is -0.948. The number of hydrogen-bond donors (Lipinski definition) is 1. The molecule has 0 spiro atoms.